The van der Waals surface area contributed by atoms with Crippen molar-refractivity contribution in [3.8, 4) is 11.4 Å². The molecule has 2 aromatic carbocycles. The highest BCUT2D eigenvalue weighted by atomic mass is 16.5. The monoisotopic (exact) mass is 433 g/mol. The average molecular weight is 433 g/mol. The highest BCUT2D eigenvalue weighted by Gasteiger charge is 2.34. The molecule has 32 heavy (non-hydrogen) atoms. The van der Waals surface area contributed by atoms with Crippen LogP contribution in [0.3, 0.4) is 0 Å². The third-order valence-electron chi connectivity index (χ3n) is 5.59. The summed E-state index contributed by atoms with van der Waals surface area (Å²) in [6.45, 7) is 1.86. The number of hydrogen-bond donors (Lipinski definition) is 1. The molecular weight excluding hydrogens is 410 g/mol. The first-order chi connectivity index (χ1) is 15.3. The lowest BCUT2D eigenvalue weighted by atomic mass is 10.0. The van der Waals surface area contributed by atoms with Crippen LogP contribution in [0.4, 0.5) is 11.4 Å². The van der Waals surface area contributed by atoms with Gasteiger partial charge in [0.1, 0.15) is 11.4 Å². The number of primary amides is 1. The molecule has 3 amide bonds. The van der Waals surface area contributed by atoms with E-state index in [2.05, 4.69) is 5.10 Å². The maximum Gasteiger partial charge on any atom is 0.277 e. The minimum atomic E-state index is -0.675. The Morgan fingerprint density at radius 2 is 1.69 bits per heavy atom. The van der Waals surface area contributed by atoms with Gasteiger partial charge in [-0.05, 0) is 55.0 Å². The molecule has 3 aromatic rings. The van der Waals surface area contributed by atoms with Crippen LogP contribution in [0.2, 0.25) is 0 Å². The van der Waals surface area contributed by atoms with Gasteiger partial charge in [0.2, 0.25) is 5.91 Å². The molecule has 1 aromatic heterocycles. The SMILES string of the molecule is COc1ccc(-n2nc(C(N)=O)c3c2C(=O)N(c2ccc(N(C)C(C)=O)cc2)CC3)cc1. The van der Waals surface area contributed by atoms with Crippen molar-refractivity contribution < 1.29 is 19.1 Å². The summed E-state index contributed by atoms with van der Waals surface area (Å²) in [7, 11) is 3.26. The van der Waals surface area contributed by atoms with Crippen LogP contribution in [0, 0.1) is 0 Å². The number of nitrogens with zero attached hydrogens (tertiary/aromatic N) is 4. The van der Waals surface area contributed by atoms with Gasteiger partial charge in [0.15, 0.2) is 5.69 Å². The van der Waals surface area contributed by atoms with Gasteiger partial charge in [0, 0.05) is 37.5 Å². The van der Waals surface area contributed by atoms with Gasteiger partial charge in [-0.25, -0.2) is 4.68 Å². The second-order valence-electron chi connectivity index (χ2n) is 7.45. The number of fused-ring (bicyclic) bond motifs is 1. The maximum absolute atomic E-state index is 13.5. The molecule has 0 saturated carbocycles. The molecule has 0 aliphatic carbocycles. The number of aromatic nitrogens is 2. The number of methoxy groups -OCH3 is 1. The molecule has 0 bridgehead atoms. The van der Waals surface area contributed by atoms with E-state index in [1.807, 2.05) is 0 Å². The minimum absolute atomic E-state index is 0.0844. The Hall–Kier alpha value is -4.14. The predicted octanol–water partition coefficient (Wildman–Crippen LogP) is 2.17. The molecule has 0 unspecified atom stereocenters. The molecule has 9 heteroatoms. The summed E-state index contributed by atoms with van der Waals surface area (Å²) in [6, 6.07) is 14.2. The van der Waals surface area contributed by atoms with Crippen LogP contribution in [0.25, 0.3) is 5.69 Å². The molecule has 0 radical (unpaired) electrons. The zero-order chi connectivity index (χ0) is 23.0. The van der Waals surface area contributed by atoms with E-state index in [0.29, 0.717) is 41.3 Å². The first kappa shape index (κ1) is 21.1. The third kappa shape index (κ3) is 3.58. The third-order valence-corrected chi connectivity index (χ3v) is 5.59. The van der Waals surface area contributed by atoms with E-state index in [1.54, 1.807) is 67.6 Å². The van der Waals surface area contributed by atoms with Crippen molar-refractivity contribution in [3.05, 3.63) is 65.5 Å². The Bertz CT molecular complexity index is 1200. The Balaban J connectivity index is 1.74. The van der Waals surface area contributed by atoms with Gasteiger partial charge in [-0.15, -0.1) is 0 Å². The summed E-state index contributed by atoms with van der Waals surface area (Å²) in [5.74, 6) is -0.381. The lowest BCUT2D eigenvalue weighted by Crippen LogP contribution is -2.39. The fraction of sp³-hybridized carbons (Fsp3) is 0.217. The van der Waals surface area contributed by atoms with Crippen LogP contribution in [0.1, 0.15) is 33.5 Å². The molecule has 9 nitrogen and oxygen atoms in total. The lowest BCUT2D eigenvalue weighted by molar-refractivity contribution is -0.116. The van der Waals surface area contributed by atoms with Crippen molar-refractivity contribution in [2.75, 3.05) is 30.5 Å². The van der Waals surface area contributed by atoms with Gasteiger partial charge in [-0.1, -0.05) is 0 Å². The number of ether oxygens (including phenoxy) is 1. The molecule has 1 aliphatic rings. The second-order valence-corrected chi connectivity index (χ2v) is 7.45. The van der Waals surface area contributed by atoms with Crippen LogP contribution >= 0.6 is 0 Å². The molecule has 1 aliphatic heterocycles. The van der Waals surface area contributed by atoms with Crippen LogP contribution in [0.15, 0.2) is 48.5 Å². The topological polar surface area (TPSA) is 111 Å². The fourth-order valence-electron chi connectivity index (χ4n) is 3.75. The van der Waals surface area contributed by atoms with Crippen molar-refractivity contribution >= 4 is 29.1 Å². The minimum Gasteiger partial charge on any atom is -0.497 e. The first-order valence-electron chi connectivity index (χ1n) is 10.0. The zero-order valence-corrected chi connectivity index (χ0v) is 18.0. The maximum atomic E-state index is 13.5. The van der Waals surface area contributed by atoms with E-state index in [0.717, 1.165) is 5.69 Å². The molecular formula is C23H23N5O4. The van der Waals surface area contributed by atoms with Gasteiger partial charge in [-0.2, -0.15) is 5.10 Å². The number of carbonyl (C=O) groups is 3. The number of nitrogens with two attached hydrogens (primary N) is 1. The number of benzene rings is 2. The largest absolute Gasteiger partial charge is 0.497 e. The van der Waals surface area contributed by atoms with E-state index in [9.17, 15) is 14.4 Å². The Labute approximate surface area is 185 Å². The van der Waals surface area contributed by atoms with Gasteiger partial charge in [0.25, 0.3) is 11.8 Å². The predicted molar refractivity (Wildman–Crippen MR) is 120 cm³/mol. The van der Waals surface area contributed by atoms with Gasteiger partial charge in [-0.3, -0.25) is 14.4 Å². The molecule has 0 saturated heterocycles. The molecule has 0 spiro atoms. The van der Waals surface area contributed by atoms with E-state index < -0.39 is 5.91 Å². The second kappa shape index (κ2) is 8.18. The summed E-state index contributed by atoms with van der Waals surface area (Å²) >= 11 is 0. The molecule has 4 rings (SSSR count). The zero-order valence-electron chi connectivity index (χ0n) is 18.0. The highest BCUT2D eigenvalue weighted by molar-refractivity contribution is 6.09. The number of amides is 3. The van der Waals surface area contributed by atoms with Gasteiger partial charge in [0.05, 0.1) is 12.8 Å². The van der Waals surface area contributed by atoms with E-state index in [4.69, 9.17) is 10.5 Å². The van der Waals surface area contributed by atoms with E-state index in [1.165, 1.54) is 16.5 Å². The highest BCUT2D eigenvalue weighted by Crippen LogP contribution is 2.30. The summed E-state index contributed by atoms with van der Waals surface area (Å²) in [5.41, 5.74) is 8.52. The summed E-state index contributed by atoms with van der Waals surface area (Å²) in [5, 5.41) is 4.36. The van der Waals surface area contributed by atoms with Crippen LogP contribution in [-0.4, -0.2) is 48.2 Å². The molecule has 2 N–H and O–H groups in total. The van der Waals surface area contributed by atoms with E-state index in [-0.39, 0.29) is 17.5 Å². The average Bonchev–Trinajstić information content (AvgIpc) is 3.20. The number of rotatable bonds is 5. The molecule has 0 atom stereocenters. The summed E-state index contributed by atoms with van der Waals surface area (Å²) in [6.07, 6.45) is 0.435. The van der Waals surface area contributed by atoms with E-state index >= 15 is 0 Å². The van der Waals surface area contributed by atoms with Crippen molar-refractivity contribution in [2.45, 2.75) is 13.3 Å². The van der Waals surface area contributed by atoms with Crippen LogP contribution < -0.4 is 20.3 Å². The molecule has 164 valence electrons. The summed E-state index contributed by atoms with van der Waals surface area (Å²) in [4.78, 5) is 40.3. The fourth-order valence-corrected chi connectivity index (χ4v) is 3.75. The first-order valence-corrected chi connectivity index (χ1v) is 10.0. The van der Waals surface area contributed by atoms with Gasteiger partial charge >= 0.3 is 0 Å². The van der Waals surface area contributed by atoms with Crippen molar-refractivity contribution in [1.82, 2.24) is 9.78 Å². The van der Waals surface area contributed by atoms with Crippen molar-refractivity contribution in [1.29, 1.82) is 0 Å². The quantitative estimate of drug-likeness (QED) is 0.663. The molecule has 2 heterocycles. The standard InChI is InChI=1S/C23H23N5O4/c1-14(29)26(2)15-4-6-16(7-5-15)27-13-12-19-20(22(24)30)25-28(21(19)23(27)31)17-8-10-18(32-3)11-9-17/h4-11H,12-13H2,1-3H3,(H2,24,30). The van der Waals surface area contributed by atoms with Crippen LogP contribution in [-0.2, 0) is 11.2 Å². The van der Waals surface area contributed by atoms with Gasteiger partial charge < -0.3 is 20.3 Å². The Morgan fingerprint density at radius 1 is 1.06 bits per heavy atom. The lowest BCUT2D eigenvalue weighted by Gasteiger charge is -2.28. The Morgan fingerprint density at radius 3 is 2.25 bits per heavy atom. The van der Waals surface area contributed by atoms with Crippen LogP contribution in [0.5, 0.6) is 5.75 Å². The number of anilines is 2. The molecule has 0 fully saturated rings. The smallest absolute Gasteiger partial charge is 0.277 e. The Kier molecular flexibility index (Phi) is 5.40. The number of hydrogen-bond acceptors (Lipinski definition) is 5. The number of carbonyl (C=O) groups excluding carboxylic acids is 3. The summed E-state index contributed by atoms with van der Waals surface area (Å²) < 4.78 is 6.65. The van der Waals surface area contributed by atoms with Crippen molar-refractivity contribution in [3.63, 3.8) is 0 Å². The van der Waals surface area contributed by atoms with Crippen molar-refractivity contribution in [2.24, 2.45) is 5.73 Å². The normalized spacial score (nSPS) is 13.0.